The zero-order valence-corrected chi connectivity index (χ0v) is 15.1. The second-order valence-electron chi connectivity index (χ2n) is 6.10. The Kier molecular flexibility index (Phi) is 5.24. The van der Waals surface area contributed by atoms with Crippen LogP contribution in [0, 0.1) is 5.82 Å². The molecule has 138 valence electrons. The van der Waals surface area contributed by atoms with Gasteiger partial charge < -0.3 is 10.1 Å². The summed E-state index contributed by atoms with van der Waals surface area (Å²) in [5, 5.41) is 2.68. The molecule has 2 aromatic rings. The van der Waals surface area contributed by atoms with E-state index >= 15 is 0 Å². The molecule has 1 N–H and O–H groups in total. The van der Waals surface area contributed by atoms with E-state index in [1.807, 2.05) is 6.07 Å². The van der Waals surface area contributed by atoms with Crippen molar-refractivity contribution in [2.45, 2.75) is 13.0 Å². The summed E-state index contributed by atoms with van der Waals surface area (Å²) in [6.07, 6.45) is 1.82. The minimum atomic E-state index is -3.26. The number of anilines is 1. The molecule has 0 aromatic heterocycles. The number of amides is 1. The van der Waals surface area contributed by atoms with Crippen molar-refractivity contribution in [2.24, 2.45) is 0 Å². The van der Waals surface area contributed by atoms with Gasteiger partial charge in [-0.3, -0.25) is 4.79 Å². The number of ether oxygens (including phenoxy) is 1. The van der Waals surface area contributed by atoms with Crippen molar-refractivity contribution in [3.63, 3.8) is 0 Å². The second-order valence-corrected chi connectivity index (χ2v) is 8.08. The highest BCUT2D eigenvalue weighted by atomic mass is 32.2. The molecule has 0 radical (unpaired) electrons. The van der Waals surface area contributed by atoms with Crippen LogP contribution in [0.3, 0.4) is 0 Å². The number of fused-ring (bicyclic) bond motifs is 1. The highest BCUT2D eigenvalue weighted by molar-refractivity contribution is 7.88. The smallest absolute Gasteiger partial charge is 0.262 e. The van der Waals surface area contributed by atoms with E-state index in [1.54, 1.807) is 18.2 Å². The first kappa shape index (κ1) is 18.3. The Labute approximate surface area is 151 Å². The van der Waals surface area contributed by atoms with Gasteiger partial charge in [0.25, 0.3) is 5.91 Å². The van der Waals surface area contributed by atoms with Crippen LogP contribution in [-0.2, 0) is 27.8 Å². The average molecular weight is 378 g/mol. The fourth-order valence-electron chi connectivity index (χ4n) is 2.79. The molecule has 3 rings (SSSR count). The highest BCUT2D eigenvalue weighted by Crippen LogP contribution is 2.24. The normalized spacial score (nSPS) is 14.5. The first-order chi connectivity index (χ1) is 12.3. The number of nitrogens with one attached hydrogen (secondary N) is 1. The van der Waals surface area contributed by atoms with Gasteiger partial charge in [-0.25, -0.2) is 12.8 Å². The van der Waals surface area contributed by atoms with Crippen molar-refractivity contribution < 1.29 is 22.3 Å². The van der Waals surface area contributed by atoms with Crippen molar-refractivity contribution in [1.82, 2.24) is 4.31 Å². The maximum absolute atomic E-state index is 13.5. The van der Waals surface area contributed by atoms with Crippen LogP contribution in [0.4, 0.5) is 10.1 Å². The Bertz CT molecular complexity index is 931. The van der Waals surface area contributed by atoms with E-state index in [9.17, 15) is 17.6 Å². The van der Waals surface area contributed by atoms with Gasteiger partial charge in [-0.15, -0.1) is 0 Å². The molecule has 0 atom stereocenters. The lowest BCUT2D eigenvalue weighted by Gasteiger charge is -2.27. The van der Waals surface area contributed by atoms with Crippen LogP contribution in [0.15, 0.2) is 42.5 Å². The van der Waals surface area contributed by atoms with E-state index < -0.39 is 21.7 Å². The summed E-state index contributed by atoms with van der Waals surface area (Å²) in [5.41, 5.74) is 2.46. The molecule has 0 bridgehead atoms. The maximum atomic E-state index is 13.5. The van der Waals surface area contributed by atoms with Crippen molar-refractivity contribution in [1.29, 1.82) is 0 Å². The number of carbonyl (C=O) groups excluding carboxylic acids is 1. The molecule has 1 amide bonds. The van der Waals surface area contributed by atoms with E-state index in [4.69, 9.17) is 4.74 Å². The van der Waals surface area contributed by atoms with Crippen molar-refractivity contribution >= 4 is 21.6 Å². The second kappa shape index (κ2) is 7.43. The summed E-state index contributed by atoms with van der Waals surface area (Å²) in [5.74, 6) is -0.948. The van der Waals surface area contributed by atoms with E-state index in [0.717, 1.165) is 11.1 Å². The first-order valence-corrected chi connectivity index (χ1v) is 9.92. The molecule has 0 fully saturated rings. The number of benzene rings is 2. The molecule has 2 aromatic carbocycles. The SMILES string of the molecule is CS(=O)(=O)N1CCc2ccc(NC(=O)COc3ccccc3F)cc2C1. The predicted molar refractivity (Wildman–Crippen MR) is 95.9 cm³/mol. The van der Waals surface area contributed by atoms with Crippen LogP contribution in [0.2, 0.25) is 0 Å². The standard InChI is InChI=1S/C18H19FN2O4S/c1-26(23,24)21-9-8-13-6-7-15(10-14(13)11-21)20-18(22)12-25-17-5-3-2-4-16(17)19/h2-7,10H,8-9,11-12H2,1H3,(H,20,22). The molecule has 26 heavy (non-hydrogen) atoms. The lowest BCUT2D eigenvalue weighted by molar-refractivity contribution is -0.118. The summed E-state index contributed by atoms with van der Waals surface area (Å²) in [7, 11) is -3.26. The summed E-state index contributed by atoms with van der Waals surface area (Å²) >= 11 is 0. The molecule has 8 heteroatoms. The van der Waals surface area contributed by atoms with Crippen molar-refractivity contribution in [3.8, 4) is 5.75 Å². The lowest BCUT2D eigenvalue weighted by atomic mass is 10.0. The van der Waals surface area contributed by atoms with E-state index in [0.29, 0.717) is 18.7 Å². The highest BCUT2D eigenvalue weighted by Gasteiger charge is 2.23. The lowest BCUT2D eigenvalue weighted by Crippen LogP contribution is -2.35. The Balaban J connectivity index is 1.64. The number of nitrogens with zero attached hydrogens (tertiary/aromatic N) is 1. The molecule has 0 aliphatic carbocycles. The summed E-state index contributed by atoms with van der Waals surface area (Å²) in [6, 6.07) is 11.2. The number of sulfonamides is 1. The minimum absolute atomic E-state index is 0.0110. The quantitative estimate of drug-likeness (QED) is 0.865. The van der Waals surface area contributed by atoms with Gasteiger partial charge >= 0.3 is 0 Å². The predicted octanol–water partition coefficient (Wildman–Crippen LogP) is 2.16. The molecular weight excluding hydrogens is 359 g/mol. The van der Waals surface area contributed by atoms with Gasteiger partial charge in [-0.2, -0.15) is 4.31 Å². The molecule has 1 heterocycles. The van der Waals surface area contributed by atoms with E-state index in [1.165, 1.54) is 28.8 Å². The Morgan fingerprint density at radius 2 is 2.00 bits per heavy atom. The summed E-state index contributed by atoms with van der Waals surface area (Å²) < 4.78 is 43.5. The van der Waals surface area contributed by atoms with Crippen LogP contribution in [0.25, 0.3) is 0 Å². The maximum Gasteiger partial charge on any atom is 0.262 e. The third kappa shape index (κ3) is 4.39. The molecule has 0 spiro atoms. The van der Waals surface area contributed by atoms with Gasteiger partial charge in [0.05, 0.1) is 6.26 Å². The average Bonchev–Trinajstić information content (AvgIpc) is 2.59. The molecule has 1 aliphatic heterocycles. The number of halogens is 1. The van der Waals surface area contributed by atoms with Gasteiger partial charge in [0, 0.05) is 18.8 Å². The number of carbonyl (C=O) groups is 1. The molecule has 6 nitrogen and oxygen atoms in total. The Hall–Kier alpha value is -2.45. The largest absolute Gasteiger partial charge is 0.481 e. The van der Waals surface area contributed by atoms with Gasteiger partial charge in [0.1, 0.15) is 0 Å². The van der Waals surface area contributed by atoms with Crippen LogP contribution in [-0.4, -0.2) is 38.0 Å². The number of hydrogen-bond acceptors (Lipinski definition) is 4. The van der Waals surface area contributed by atoms with Gasteiger partial charge in [-0.1, -0.05) is 18.2 Å². The Morgan fingerprint density at radius 3 is 2.73 bits per heavy atom. The van der Waals surface area contributed by atoms with Gasteiger partial charge in [-0.05, 0) is 41.8 Å². The number of para-hydroxylation sites is 1. The number of hydrogen-bond donors (Lipinski definition) is 1. The number of rotatable bonds is 5. The van der Waals surface area contributed by atoms with E-state index in [2.05, 4.69) is 5.32 Å². The fourth-order valence-corrected chi connectivity index (χ4v) is 3.59. The third-order valence-electron chi connectivity index (χ3n) is 4.13. The Morgan fingerprint density at radius 1 is 1.23 bits per heavy atom. The van der Waals surface area contributed by atoms with Crippen LogP contribution in [0.5, 0.6) is 5.75 Å². The third-order valence-corrected chi connectivity index (χ3v) is 5.38. The zero-order valence-electron chi connectivity index (χ0n) is 14.2. The monoisotopic (exact) mass is 378 g/mol. The van der Waals surface area contributed by atoms with Crippen LogP contribution >= 0.6 is 0 Å². The first-order valence-electron chi connectivity index (χ1n) is 8.07. The van der Waals surface area contributed by atoms with Crippen molar-refractivity contribution in [3.05, 3.63) is 59.4 Å². The summed E-state index contributed by atoms with van der Waals surface area (Å²) in [4.78, 5) is 12.0. The topological polar surface area (TPSA) is 75.7 Å². The molecule has 0 unspecified atom stereocenters. The van der Waals surface area contributed by atoms with E-state index in [-0.39, 0.29) is 18.9 Å². The molecular formula is C18H19FN2O4S. The summed E-state index contributed by atoms with van der Waals surface area (Å²) in [6.45, 7) is 0.408. The van der Waals surface area contributed by atoms with Crippen molar-refractivity contribution in [2.75, 3.05) is 24.7 Å². The fraction of sp³-hybridized carbons (Fsp3) is 0.278. The molecule has 0 saturated heterocycles. The van der Waals surface area contributed by atoms with Gasteiger partial charge in [0.15, 0.2) is 18.2 Å². The van der Waals surface area contributed by atoms with Crippen LogP contribution in [0.1, 0.15) is 11.1 Å². The molecule has 1 aliphatic rings. The molecule has 0 saturated carbocycles. The zero-order chi connectivity index (χ0) is 18.7. The van der Waals surface area contributed by atoms with Gasteiger partial charge in [0.2, 0.25) is 10.0 Å². The van der Waals surface area contributed by atoms with Crippen LogP contribution < -0.4 is 10.1 Å². The minimum Gasteiger partial charge on any atom is -0.481 e.